The number of carbonyl (C=O) groups excluding carboxylic acids is 1. The Labute approximate surface area is 123 Å². The number of aliphatic hydroxyl groups excluding tert-OH is 1. The first kappa shape index (κ1) is 19.6. The Balaban J connectivity index is 0.000000885. The zero-order valence-corrected chi connectivity index (χ0v) is 12.5. The molecule has 0 amide bonds. The summed E-state index contributed by atoms with van der Waals surface area (Å²) in [6.45, 7) is 1.96. The molecule has 6 heteroatoms. The van der Waals surface area contributed by atoms with Gasteiger partial charge < -0.3 is 10.0 Å². The van der Waals surface area contributed by atoms with Crippen molar-refractivity contribution in [1.29, 1.82) is 0 Å². The Hall–Kier alpha value is -1.40. The predicted octanol–water partition coefficient (Wildman–Crippen LogP) is 3.11. The molecule has 0 radical (unpaired) electrons. The van der Waals surface area contributed by atoms with Gasteiger partial charge in [0.2, 0.25) is 0 Å². The molecule has 1 aromatic rings. The average molecular weight is 305 g/mol. The molecule has 1 aromatic carbocycles. The van der Waals surface area contributed by atoms with Crippen LogP contribution in [0.5, 0.6) is 0 Å². The minimum Gasteiger partial charge on any atom is -0.339 e. The molecule has 0 spiro atoms. The van der Waals surface area contributed by atoms with Crippen molar-refractivity contribution in [2.75, 3.05) is 13.6 Å². The lowest BCUT2D eigenvalue weighted by Crippen LogP contribution is -2.30. The fourth-order valence-electron chi connectivity index (χ4n) is 1.73. The van der Waals surface area contributed by atoms with Crippen molar-refractivity contribution in [2.24, 2.45) is 0 Å². The summed E-state index contributed by atoms with van der Waals surface area (Å²) in [6.07, 6.45) is 2.57. The molecular weight excluding hydrogens is 283 g/mol. The van der Waals surface area contributed by atoms with Crippen LogP contribution in [0, 0.1) is 5.82 Å². The number of nitrogens with zero attached hydrogens (tertiary/aromatic N) is 1. The molecule has 0 aliphatic carbocycles. The molecule has 0 heterocycles. The summed E-state index contributed by atoms with van der Waals surface area (Å²) in [4.78, 5) is 13.1. The molecule has 0 saturated carbocycles. The van der Waals surface area contributed by atoms with Crippen LogP contribution in [-0.4, -0.2) is 42.5 Å². The maximum atomic E-state index is 13.1. The van der Waals surface area contributed by atoms with Crippen LogP contribution < -0.4 is 0 Å². The van der Waals surface area contributed by atoms with Crippen molar-refractivity contribution in [3.05, 3.63) is 35.1 Å². The van der Waals surface area contributed by atoms with Crippen LogP contribution in [0.2, 0.25) is 0 Å². The van der Waals surface area contributed by atoms with Crippen molar-refractivity contribution in [3.8, 4) is 0 Å². The second-order valence-electron chi connectivity index (χ2n) is 4.73. The van der Waals surface area contributed by atoms with E-state index in [9.17, 15) is 18.0 Å². The van der Waals surface area contributed by atoms with E-state index in [1.54, 1.807) is 6.07 Å². The normalized spacial score (nSPS) is 12.0. The van der Waals surface area contributed by atoms with Gasteiger partial charge in [0.25, 0.3) is 0 Å². The zero-order chi connectivity index (χ0) is 16.4. The lowest BCUT2D eigenvalue weighted by Gasteiger charge is -2.23. The number of rotatable bonds is 6. The summed E-state index contributed by atoms with van der Waals surface area (Å²) in [7, 11) is 2.05. The van der Waals surface area contributed by atoms with Gasteiger partial charge in [-0.1, -0.05) is 6.92 Å². The molecule has 21 heavy (non-hydrogen) atoms. The molecule has 120 valence electrons. The van der Waals surface area contributed by atoms with Gasteiger partial charge in [-0.05, 0) is 50.6 Å². The maximum absolute atomic E-state index is 13.1. The quantitative estimate of drug-likeness (QED) is 0.821. The third-order valence-electron chi connectivity index (χ3n) is 3.31. The first-order valence-electron chi connectivity index (χ1n) is 6.71. The average Bonchev–Trinajstić information content (AvgIpc) is 2.43. The van der Waals surface area contributed by atoms with Crippen LogP contribution in [0.4, 0.5) is 13.2 Å². The number of aldehydes is 1. The number of hydrogen-bond acceptors (Lipinski definition) is 3. The van der Waals surface area contributed by atoms with Gasteiger partial charge in [-0.2, -0.15) is 8.78 Å². The number of halogens is 3. The molecule has 0 aliphatic rings. The van der Waals surface area contributed by atoms with Crippen LogP contribution >= 0.6 is 0 Å². The summed E-state index contributed by atoms with van der Waals surface area (Å²) < 4.78 is 32.9. The summed E-state index contributed by atoms with van der Waals surface area (Å²) in [5, 5.41) is 6.72. The molecule has 3 nitrogen and oxygen atoms in total. The van der Waals surface area contributed by atoms with E-state index >= 15 is 0 Å². The number of alkyl halides is 2. The van der Waals surface area contributed by atoms with E-state index in [0.717, 1.165) is 24.8 Å². The predicted molar refractivity (Wildman–Crippen MR) is 76.1 cm³/mol. The second-order valence-corrected chi connectivity index (χ2v) is 4.73. The highest BCUT2D eigenvalue weighted by Gasteiger charge is 2.09. The van der Waals surface area contributed by atoms with Crippen molar-refractivity contribution < 1.29 is 23.1 Å². The van der Waals surface area contributed by atoms with E-state index in [1.165, 1.54) is 12.1 Å². The fourth-order valence-corrected chi connectivity index (χ4v) is 1.73. The highest BCUT2D eigenvalue weighted by Crippen LogP contribution is 2.11. The first-order valence-corrected chi connectivity index (χ1v) is 6.71. The Bertz CT molecular complexity index is 425. The van der Waals surface area contributed by atoms with E-state index in [-0.39, 0.29) is 5.82 Å². The van der Waals surface area contributed by atoms with E-state index in [0.29, 0.717) is 18.0 Å². The van der Waals surface area contributed by atoms with Crippen LogP contribution in [-0.2, 0) is 6.42 Å². The van der Waals surface area contributed by atoms with E-state index in [1.807, 2.05) is 7.05 Å². The van der Waals surface area contributed by atoms with Gasteiger partial charge in [0.05, 0.1) is 0 Å². The molecule has 1 rings (SSSR count). The van der Waals surface area contributed by atoms with Gasteiger partial charge in [0, 0.05) is 18.2 Å². The number of benzene rings is 1. The monoisotopic (exact) mass is 305 g/mol. The third-order valence-corrected chi connectivity index (χ3v) is 3.31. The van der Waals surface area contributed by atoms with Crippen LogP contribution in [0.1, 0.15) is 36.2 Å². The minimum atomic E-state index is -3.17. The van der Waals surface area contributed by atoms with Gasteiger partial charge in [-0.3, -0.25) is 4.79 Å². The highest BCUT2D eigenvalue weighted by molar-refractivity contribution is 5.77. The Kier molecular flexibility index (Phi) is 9.65. The standard InChI is InChI=1S/C14H20FNO.CH2F2O/c1-4-11(2)16(3)8-7-12-9-14(15)6-5-13(12)10-17;2-1(3)4/h5-6,9-11H,4,7-8H2,1-3H3;1,4H. The van der Waals surface area contributed by atoms with Crippen LogP contribution in [0.3, 0.4) is 0 Å². The summed E-state index contributed by atoms with van der Waals surface area (Å²) in [5.41, 5.74) is 1.37. The first-order chi connectivity index (χ1) is 9.81. The van der Waals surface area contributed by atoms with Gasteiger partial charge in [-0.15, -0.1) is 0 Å². The van der Waals surface area contributed by atoms with E-state index < -0.39 is 6.61 Å². The topological polar surface area (TPSA) is 40.5 Å². The van der Waals surface area contributed by atoms with Gasteiger partial charge in [-0.25, -0.2) is 4.39 Å². The Morgan fingerprint density at radius 2 is 1.95 bits per heavy atom. The summed E-state index contributed by atoms with van der Waals surface area (Å²) in [5.74, 6) is -0.281. The molecule has 1 unspecified atom stereocenters. The SMILES string of the molecule is CCC(C)N(C)CCc1cc(F)ccc1C=O.OC(F)F. The molecule has 0 fully saturated rings. The van der Waals surface area contributed by atoms with Gasteiger partial charge in [0.15, 0.2) is 0 Å². The molecule has 0 bridgehead atoms. The molecular formula is C15H22F3NO2. The molecule has 0 saturated heterocycles. The molecule has 0 aromatic heterocycles. The summed E-state index contributed by atoms with van der Waals surface area (Å²) >= 11 is 0. The number of likely N-dealkylation sites (N-methyl/N-ethyl adjacent to an activating group) is 1. The maximum Gasteiger partial charge on any atom is 0.342 e. The third kappa shape index (κ3) is 8.47. The van der Waals surface area contributed by atoms with Crippen molar-refractivity contribution in [1.82, 2.24) is 4.90 Å². The highest BCUT2D eigenvalue weighted by atomic mass is 19.3. The number of aliphatic hydroxyl groups is 1. The lowest BCUT2D eigenvalue weighted by molar-refractivity contribution is -0.0728. The van der Waals surface area contributed by atoms with Crippen LogP contribution in [0.25, 0.3) is 0 Å². The largest absolute Gasteiger partial charge is 0.342 e. The van der Waals surface area contributed by atoms with Crippen molar-refractivity contribution in [3.63, 3.8) is 0 Å². The fraction of sp³-hybridized carbons (Fsp3) is 0.533. The van der Waals surface area contributed by atoms with Crippen molar-refractivity contribution >= 4 is 6.29 Å². The molecule has 0 aliphatic heterocycles. The van der Waals surface area contributed by atoms with Crippen LogP contribution in [0.15, 0.2) is 18.2 Å². The summed E-state index contributed by atoms with van der Waals surface area (Å²) in [6, 6.07) is 4.82. The van der Waals surface area contributed by atoms with E-state index in [4.69, 9.17) is 5.11 Å². The molecule has 1 atom stereocenters. The Morgan fingerprint density at radius 1 is 1.38 bits per heavy atom. The smallest absolute Gasteiger partial charge is 0.339 e. The number of hydrogen-bond donors (Lipinski definition) is 1. The van der Waals surface area contributed by atoms with Gasteiger partial charge in [0.1, 0.15) is 12.1 Å². The van der Waals surface area contributed by atoms with E-state index in [2.05, 4.69) is 18.7 Å². The zero-order valence-electron chi connectivity index (χ0n) is 12.5. The Morgan fingerprint density at radius 3 is 2.43 bits per heavy atom. The lowest BCUT2D eigenvalue weighted by atomic mass is 10.0. The minimum absolute atomic E-state index is 0.281. The van der Waals surface area contributed by atoms with Gasteiger partial charge >= 0.3 is 6.61 Å². The second kappa shape index (κ2) is 10.3. The number of carbonyl (C=O) groups is 1. The molecule has 1 N–H and O–H groups in total. The van der Waals surface area contributed by atoms with Crippen molar-refractivity contribution in [2.45, 2.75) is 39.3 Å².